The Kier molecular flexibility index (Phi) is 3.69. The molecule has 0 amide bonds. The average Bonchev–Trinajstić information content (AvgIpc) is 2.32. The minimum atomic E-state index is 0.112. The Balaban J connectivity index is 2.23. The fraction of sp³-hybridized carbons (Fsp3) is 0.571. The van der Waals surface area contributed by atoms with Gasteiger partial charge >= 0.3 is 0 Å². The van der Waals surface area contributed by atoms with E-state index >= 15 is 0 Å². The molecule has 1 saturated heterocycles. The number of hydrogen-bond acceptors (Lipinski definition) is 3. The maximum Gasteiger partial charge on any atom is 0.0723 e. The maximum atomic E-state index is 9.18. The number of anilines is 1. The summed E-state index contributed by atoms with van der Waals surface area (Å²) >= 11 is 0. The summed E-state index contributed by atoms with van der Waals surface area (Å²) < 4.78 is 5.64. The Morgan fingerprint density at radius 2 is 2.18 bits per heavy atom. The molecule has 1 heterocycles. The largest absolute Gasteiger partial charge is 0.392 e. The van der Waals surface area contributed by atoms with Crippen molar-refractivity contribution in [3.63, 3.8) is 0 Å². The molecule has 1 aliphatic rings. The zero-order valence-corrected chi connectivity index (χ0v) is 10.8. The molecule has 1 aromatic rings. The van der Waals surface area contributed by atoms with Crippen LogP contribution in [-0.4, -0.2) is 30.4 Å². The molecule has 0 aromatic heterocycles. The van der Waals surface area contributed by atoms with Gasteiger partial charge in [-0.25, -0.2) is 0 Å². The first kappa shape index (κ1) is 12.4. The van der Waals surface area contributed by atoms with Crippen molar-refractivity contribution in [3.05, 3.63) is 29.3 Å². The first-order chi connectivity index (χ1) is 8.11. The van der Waals surface area contributed by atoms with Crippen molar-refractivity contribution in [2.75, 3.05) is 18.1 Å². The second kappa shape index (κ2) is 5.07. The Morgan fingerprint density at radius 3 is 2.82 bits per heavy atom. The van der Waals surface area contributed by atoms with Crippen molar-refractivity contribution >= 4 is 5.69 Å². The van der Waals surface area contributed by atoms with E-state index in [0.717, 1.165) is 24.3 Å². The molecule has 2 atom stereocenters. The number of aliphatic hydroxyl groups is 1. The summed E-state index contributed by atoms with van der Waals surface area (Å²) in [4.78, 5) is 2.38. The normalized spacial score (nSPS) is 25.1. The molecular weight excluding hydrogens is 214 g/mol. The smallest absolute Gasteiger partial charge is 0.0723 e. The van der Waals surface area contributed by atoms with Crippen LogP contribution in [0.25, 0.3) is 0 Å². The molecule has 0 radical (unpaired) electrons. The van der Waals surface area contributed by atoms with Gasteiger partial charge < -0.3 is 14.7 Å². The van der Waals surface area contributed by atoms with Gasteiger partial charge in [0.1, 0.15) is 0 Å². The van der Waals surface area contributed by atoms with Crippen LogP contribution in [0.4, 0.5) is 5.69 Å². The molecule has 17 heavy (non-hydrogen) atoms. The molecule has 1 N–H and O–H groups in total. The quantitative estimate of drug-likeness (QED) is 0.852. The highest BCUT2D eigenvalue weighted by Crippen LogP contribution is 2.24. The van der Waals surface area contributed by atoms with Crippen LogP contribution in [0, 0.1) is 6.92 Å². The van der Waals surface area contributed by atoms with Crippen molar-refractivity contribution in [1.82, 2.24) is 0 Å². The summed E-state index contributed by atoms with van der Waals surface area (Å²) in [7, 11) is 0. The first-order valence-electron chi connectivity index (χ1n) is 6.20. The predicted octanol–water partition coefficient (Wildman–Crippen LogP) is 2.10. The van der Waals surface area contributed by atoms with Crippen LogP contribution in [0.5, 0.6) is 0 Å². The SMILES string of the molecule is Cc1cc(N2CC(C)OCC2C)ccc1CO. The second-order valence-electron chi connectivity index (χ2n) is 4.91. The highest BCUT2D eigenvalue weighted by atomic mass is 16.5. The molecule has 0 aliphatic carbocycles. The number of nitrogens with zero attached hydrogens (tertiary/aromatic N) is 1. The van der Waals surface area contributed by atoms with Crippen molar-refractivity contribution < 1.29 is 9.84 Å². The third kappa shape index (κ3) is 2.61. The topological polar surface area (TPSA) is 32.7 Å². The zero-order chi connectivity index (χ0) is 12.4. The molecular formula is C14H21NO2. The molecule has 2 rings (SSSR count). The standard InChI is InChI=1S/C14H21NO2/c1-10-6-14(5-4-13(10)8-16)15-7-12(3)17-9-11(15)2/h4-6,11-12,16H,7-9H2,1-3H3. The molecule has 3 heteroatoms. The third-order valence-corrected chi connectivity index (χ3v) is 3.44. The molecule has 1 aliphatic heterocycles. The van der Waals surface area contributed by atoms with Gasteiger partial charge in [-0.15, -0.1) is 0 Å². The van der Waals surface area contributed by atoms with Gasteiger partial charge in [-0.3, -0.25) is 0 Å². The number of morpholine rings is 1. The van der Waals surface area contributed by atoms with Crippen LogP contribution in [-0.2, 0) is 11.3 Å². The van der Waals surface area contributed by atoms with Crippen LogP contribution in [0.1, 0.15) is 25.0 Å². The van der Waals surface area contributed by atoms with E-state index in [4.69, 9.17) is 4.74 Å². The zero-order valence-electron chi connectivity index (χ0n) is 10.8. The number of benzene rings is 1. The number of rotatable bonds is 2. The average molecular weight is 235 g/mol. The molecule has 0 spiro atoms. The van der Waals surface area contributed by atoms with Crippen LogP contribution in [0.3, 0.4) is 0 Å². The van der Waals surface area contributed by atoms with Crippen LogP contribution < -0.4 is 4.90 Å². The second-order valence-corrected chi connectivity index (χ2v) is 4.91. The van der Waals surface area contributed by atoms with E-state index in [1.807, 2.05) is 13.0 Å². The van der Waals surface area contributed by atoms with E-state index < -0.39 is 0 Å². The van der Waals surface area contributed by atoms with Crippen molar-refractivity contribution in [2.24, 2.45) is 0 Å². The number of aliphatic hydroxyl groups excluding tert-OH is 1. The van der Waals surface area contributed by atoms with E-state index in [9.17, 15) is 5.11 Å². The predicted molar refractivity (Wildman–Crippen MR) is 69.3 cm³/mol. The van der Waals surface area contributed by atoms with Gasteiger partial charge in [0.25, 0.3) is 0 Å². The highest BCUT2D eigenvalue weighted by molar-refractivity contribution is 5.52. The van der Waals surface area contributed by atoms with Gasteiger partial charge in [0.2, 0.25) is 0 Å². The summed E-state index contributed by atoms with van der Waals surface area (Å²) in [6.07, 6.45) is 0.282. The van der Waals surface area contributed by atoms with Crippen LogP contribution in [0.15, 0.2) is 18.2 Å². The highest BCUT2D eigenvalue weighted by Gasteiger charge is 2.23. The summed E-state index contributed by atoms with van der Waals surface area (Å²) in [6.45, 7) is 8.15. The minimum absolute atomic E-state index is 0.112. The van der Waals surface area contributed by atoms with Crippen molar-refractivity contribution in [2.45, 2.75) is 39.5 Å². The van der Waals surface area contributed by atoms with Gasteiger partial charge in [-0.2, -0.15) is 0 Å². The summed E-state index contributed by atoms with van der Waals surface area (Å²) in [6, 6.07) is 6.66. The summed E-state index contributed by atoms with van der Waals surface area (Å²) in [5.41, 5.74) is 3.38. The van der Waals surface area contributed by atoms with Gasteiger partial charge in [-0.05, 0) is 44.0 Å². The molecule has 0 bridgehead atoms. The lowest BCUT2D eigenvalue weighted by Crippen LogP contribution is -2.47. The van der Waals surface area contributed by atoms with Gasteiger partial charge in [0.15, 0.2) is 0 Å². The third-order valence-electron chi connectivity index (χ3n) is 3.44. The number of hydrogen-bond donors (Lipinski definition) is 1. The van der Waals surface area contributed by atoms with Crippen molar-refractivity contribution in [1.29, 1.82) is 0 Å². The summed E-state index contributed by atoms with van der Waals surface area (Å²) in [5, 5.41) is 9.18. The Morgan fingerprint density at radius 1 is 1.41 bits per heavy atom. The van der Waals surface area contributed by atoms with Crippen LogP contribution in [0.2, 0.25) is 0 Å². The van der Waals surface area contributed by atoms with Crippen molar-refractivity contribution in [3.8, 4) is 0 Å². The molecule has 0 saturated carbocycles. The van der Waals surface area contributed by atoms with E-state index in [0.29, 0.717) is 6.04 Å². The fourth-order valence-corrected chi connectivity index (χ4v) is 2.30. The van der Waals surface area contributed by atoms with Gasteiger partial charge in [0.05, 0.1) is 19.3 Å². The van der Waals surface area contributed by atoms with Gasteiger partial charge in [-0.1, -0.05) is 6.07 Å². The fourth-order valence-electron chi connectivity index (χ4n) is 2.30. The Hall–Kier alpha value is -1.06. The Bertz CT molecular complexity index is 392. The number of ether oxygens (including phenoxy) is 1. The monoisotopic (exact) mass is 235 g/mol. The van der Waals surface area contributed by atoms with Gasteiger partial charge in [0, 0.05) is 18.3 Å². The lowest BCUT2D eigenvalue weighted by Gasteiger charge is -2.38. The minimum Gasteiger partial charge on any atom is -0.392 e. The summed E-state index contributed by atoms with van der Waals surface area (Å²) in [5.74, 6) is 0. The van der Waals surface area contributed by atoms with Crippen LogP contribution >= 0.6 is 0 Å². The van der Waals surface area contributed by atoms with E-state index in [1.165, 1.54) is 5.69 Å². The Labute approximate surface area is 103 Å². The van der Waals surface area contributed by atoms with E-state index in [1.54, 1.807) is 0 Å². The lowest BCUT2D eigenvalue weighted by molar-refractivity contribution is 0.0344. The molecule has 1 fully saturated rings. The molecule has 2 unspecified atom stereocenters. The first-order valence-corrected chi connectivity index (χ1v) is 6.20. The maximum absolute atomic E-state index is 9.18. The molecule has 3 nitrogen and oxygen atoms in total. The van der Waals surface area contributed by atoms with E-state index in [2.05, 4.69) is 30.9 Å². The van der Waals surface area contributed by atoms with E-state index in [-0.39, 0.29) is 12.7 Å². The molecule has 1 aromatic carbocycles. The lowest BCUT2D eigenvalue weighted by atomic mass is 10.1. The molecule has 94 valence electrons. The number of aryl methyl sites for hydroxylation is 1.